The van der Waals surface area contributed by atoms with E-state index in [1.54, 1.807) is 0 Å². The number of amides is 2. The molecule has 1 aliphatic heterocycles. The summed E-state index contributed by atoms with van der Waals surface area (Å²) in [6, 6.07) is 7.37. The average molecular weight is 394 g/mol. The molecule has 1 aromatic rings. The molecular weight excluding hydrogens is 378 g/mol. The minimum atomic E-state index is -0.140. The first-order valence-electron chi connectivity index (χ1n) is 7.50. The zero-order valence-corrected chi connectivity index (χ0v) is 14.8. The van der Waals surface area contributed by atoms with Gasteiger partial charge in [-0.2, -0.15) is 4.99 Å². The average Bonchev–Trinajstić information content (AvgIpc) is 2.55. The van der Waals surface area contributed by atoms with Gasteiger partial charge >= 0.3 is 0 Å². The molecule has 2 aliphatic rings. The molecule has 1 fully saturated rings. The fourth-order valence-electron chi connectivity index (χ4n) is 2.64. The van der Waals surface area contributed by atoms with Crippen LogP contribution in [-0.2, 0) is 9.59 Å². The van der Waals surface area contributed by atoms with Crippen LogP contribution in [0.2, 0.25) is 0 Å². The van der Waals surface area contributed by atoms with Crippen LogP contribution >= 0.6 is 27.7 Å². The lowest BCUT2D eigenvalue weighted by molar-refractivity contribution is -0.120. The molecule has 0 radical (unpaired) electrons. The molecule has 0 saturated heterocycles. The van der Waals surface area contributed by atoms with Crippen LogP contribution in [0.5, 0.6) is 0 Å². The molecule has 1 unspecified atom stereocenters. The molecule has 1 N–H and O–H groups in total. The van der Waals surface area contributed by atoms with Gasteiger partial charge in [-0.15, -0.1) is 0 Å². The lowest BCUT2D eigenvalue weighted by atomic mass is 9.86. The number of nitrogens with one attached hydrogen (secondary N) is 1. The Morgan fingerprint density at radius 2 is 2.04 bits per heavy atom. The molecule has 23 heavy (non-hydrogen) atoms. The van der Waals surface area contributed by atoms with Gasteiger partial charge in [0.15, 0.2) is 5.17 Å². The lowest BCUT2D eigenvalue weighted by Gasteiger charge is -2.24. The maximum Gasteiger partial charge on any atom is 0.256 e. The van der Waals surface area contributed by atoms with Gasteiger partial charge in [0.25, 0.3) is 5.91 Å². The summed E-state index contributed by atoms with van der Waals surface area (Å²) in [4.78, 5) is 32.5. The Hall–Kier alpha value is -1.47. The Morgan fingerprint density at radius 3 is 2.83 bits per heavy atom. The monoisotopic (exact) mass is 393 g/mol. The molecule has 1 aliphatic carbocycles. The second-order valence-electron chi connectivity index (χ2n) is 5.48. The summed E-state index contributed by atoms with van der Waals surface area (Å²) < 4.78 is 0.956. The van der Waals surface area contributed by atoms with Crippen molar-refractivity contribution in [2.45, 2.75) is 25.7 Å². The summed E-state index contributed by atoms with van der Waals surface area (Å²) in [5.41, 5.74) is 1.67. The van der Waals surface area contributed by atoms with Crippen LogP contribution < -0.4 is 5.32 Å². The first kappa shape index (κ1) is 16.4. The maximum absolute atomic E-state index is 12.0. The first-order valence-corrected chi connectivity index (χ1v) is 9.28. The Bertz CT molecular complexity index is 685. The number of anilines is 1. The van der Waals surface area contributed by atoms with E-state index in [1.165, 1.54) is 11.8 Å². The molecule has 120 valence electrons. The predicted octanol–water partition coefficient (Wildman–Crippen LogP) is 3.65. The molecule has 0 bridgehead atoms. The van der Waals surface area contributed by atoms with Gasteiger partial charge < -0.3 is 5.32 Å². The van der Waals surface area contributed by atoms with Gasteiger partial charge in [-0.25, -0.2) is 4.99 Å². The van der Waals surface area contributed by atoms with Crippen molar-refractivity contribution in [1.82, 2.24) is 0 Å². The van der Waals surface area contributed by atoms with E-state index in [1.807, 2.05) is 24.3 Å². The molecule has 5 nitrogen and oxygen atoms in total. The molecule has 0 spiro atoms. The Labute approximate surface area is 147 Å². The third-order valence-corrected chi connectivity index (χ3v) is 5.16. The van der Waals surface area contributed by atoms with E-state index in [2.05, 4.69) is 31.2 Å². The molecule has 7 heteroatoms. The number of carbonyl (C=O) groups is 2. The highest BCUT2D eigenvalue weighted by Gasteiger charge is 2.30. The summed E-state index contributed by atoms with van der Waals surface area (Å²) >= 11 is 4.56. The van der Waals surface area contributed by atoms with Gasteiger partial charge in [-0.3, -0.25) is 9.59 Å². The van der Waals surface area contributed by atoms with Crippen LogP contribution in [0.25, 0.3) is 0 Å². The fraction of sp³-hybridized carbons (Fsp3) is 0.375. The van der Waals surface area contributed by atoms with Crippen LogP contribution in [0.4, 0.5) is 5.69 Å². The Kier molecular flexibility index (Phi) is 5.27. The third kappa shape index (κ3) is 4.29. The molecule has 1 atom stereocenters. The molecule has 3 rings (SSSR count). The number of amidine groups is 1. The van der Waals surface area contributed by atoms with E-state index < -0.39 is 0 Å². The number of thioether (sulfide) groups is 1. The van der Waals surface area contributed by atoms with Gasteiger partial charge in [0.1, 0.15) is 0 Å². The molecule has 1 heterocycles. The van der Waals surface area contributed by atoms with E-state index in [-0.39, 0.29) is 23.5 Å². The van der Waals surface area contributed by atoms with E-state index >= 15 is 0 Å². The summed E-state index contributed by atoms with van der Waals surface area (Å²) in [7, 11) is 0. The van der Waals surface area contributed by atoms with Gasteiger partial charge in [0, 0.05) is 15.9 Å². The second kappa shape index (κ2) is 7.40. The summed E-state index contributed by atoms with van der Waals surface area (Å²) in [5.74, 6) is -0.183. The lowest BCUT2D eigenvalue weighted by Crippen LogP contribution is -2.30. The Balaban J connectivity index is 1.55. The normalized spacial score (nSPS) is 20.4. The van der Waals surface area contributed by atoms with Gasteiger partial charge in [0.05, 0.1) is 11.7 Å². The zero-order valence-electron chi connectivity index (χ0n) is 12.4. The number of halogens is 1. The summed E-state index contributed by atoms with van der Waals surface area (Å²) in [6.45, 7) is 0. The Morgan fingerprint density at radius 1 is 1.26 bits per heavy atom. The van der Waals surface area contributed by atoms with Crippen molar-refractivity contribution >= 4 is 56.1 Å². The van der Waals surface area contributed by atoms with E-state index in [9.17, 15) is 9.59 Å². The second-order valence-corrected chi connectivity index (χ2v) is 7.34. The molecule has 1 saturated carbocycles. The van der Waals surface area contributed by atoms with Crippen molar-refractivity contribution < 1.29 is 9.59 Å². The van der Waals surface area contributed by atoms with Crippen molar-refractivity contribution in [3.8, 4) is 0 Å². The number of fused-ring (bicyclic) bond motifs is 1. The minimum absolute atomic E-state index is 0.106. The highest BCUT2D eigenvalue weighted by atomic mass is 79.9. The van der Waals surface area contributed by atoms with Crippen LogP contribution in [-0.4, -0.2) is 28.4 Å². The van der Waals surface area contributed by atoms with E-state index in [0.717, 1.165) is 41.6 Å². The SMILES string of the molecule is O=C(CSC1=NC(=O)C2CCCCC2=N1)Nc1ccc(Br)cc1. The highest BCUT2D eigenvalue weighted by molar-refractivity contribution is 9.10. The van der Waals surface area contributed by atoms with Crippen LogP contribution in [0, 0.1) is 5.92 Å². The number of aliphatic imine (C=N–C) groups is 2. The highest BCUT2D eigenvalue weighted by Crippen LogP contribution is 2.27. The van der Waals surface area contributed by atoms with Gasteiger partial charge in [-0.1, -0.05) is 34.1 Å². The number of hydrogen-bond acceptors (Lipinski definition) is 4. The largest absolute Gasteiger partial charge is 0.325 e. The minimum Gasteiger partial charge on any atom is -0.325 e. The topological polar surface area (TPSA) is 70.9 Å². The van der Waals surface area contributed by atoms with Crippen molar-refractivity contribution in [1.29, 1.82) is 0 Å². The fourth-order valence-corrected chi connectivity index (χ4v) is 3.57. The van der Waals surface area contributed by atoms with E-state index in [4.69, 9.17) is 0 Å². The number of hydrogen-bond donors (Lipinski definition) is 1. The molecule has 0 aromatic heterocycles. The molecule has 2 amide bonds. The predicted molar refractivity (Wildman–Crippen MR) is 97.1 cm³/mol. The molecule has 1 aromatic carbocycles. The number of rotatable bonds is 3. The van der Waals surface area contributed by atoms with Crippen molar-refractivity contribution in [3.63, 3.8) is 0 Å². The molecular formula is C16H16BrN3O2S. The third-order valence-electron chi connectivity index (χ3n) is 3.78. The van der Waals surface area contributed by atoms with Crippen molar-refractivity contribution in [2.24, 2.45) is 15.9 Å². The number of nitrogens with zero attached hydrogens (tertiary/aromatic N) is 2. The zero-order chi connectivity index (χ0) is 16.2. The van der Waals surface area contributed by atoms with Crippen LogP contribution in [0.3, 0.4) is 0 Å². The quantitative estimate of drug-likeness (QED) is 0.851. The van der Waals surface area contributed by atoms with Crippen LogP contribution in [0.15, 0.2) is 38.7 Å². The number of carbonyl (C=O) groups excluding carboxylic acids is 2. The summed E-state index contributed by atoms with van der Waals surface area (Å²) in [5, 5.41) is 3.22. The van der Waals surface area contributed by atoms with Crippen LogP contribution in [0.1, 0.15) is 25.7 Å². The van der Waals surface area contributed by atoms with Gasteiger partial charge in [0.2, 0.25) is 5.91 Å². The number of benzene rings is 1. The summed E-state index contributed by atoms with van der Waals surface area (Å²) in [6.07, 6.45) is 3.85. The van der Waals surface area contributed by atoms with E-state index in [0.29, 0.717) is 5.17 Å². The smallest absolute Gasteiger partial charge is 0.256 e. The standard InChI is InChI=1S/C16H16BrN3O2S/c17-10-5-7-11(8-6-10)18-14(21)9-23-16-19-13-4-2-1-3-12(13)15(22)20-16/h5-8,12H,1-4,9H2,(H,18,21). The maximum atomic E-state index is 12.0. The van der Waals surface area contributed by atoms with Gasteiger partial charge in [-0.05, 0) is 43.5 Å². The first-order chi connectivity index (χ1) is 11.1. The van der Waals surface area contributed by atoms with Crippen molar-refractivity contribution in [2.75, 3.05) is 11.1 Å². The van der Waals surface area contributed by atoms with Crippen molar-refractivity contribution in [3.05, 3.63) is 28.7 Å².